The number of ether oxygens (including phenoxy) is 1. The number of anilines is 3. The summed E-state index contributed by atoms with van der Waals surface area (Å²) >= 11 is 5.96. The van der Waals surface area contributed by atoms with Crippen LogP contribution >= 0.6 is 11.6 Å². The first-order valence-corrected chi connectivity index (χ1v) is 10.4. The summed E-state index contributed by atoms with van der Waals surface area (Å²) in [6, 6.07) is 19.5. The van der Waals surface area contributed by atoms with Crippen molar-refractivity contribution in [3.63, 3.8) is 0 Å². The van der Waals surface area contributed by atoms with Crippen LogP contribution < -0.4 is 16.1 Å². The number of nitrogens with zero attached hydrogens (tertiary/aromatic N) is 2. The molecule has 0 aliphatic carbocycles. The van der Waals surface area contributed by atoms with Crippen LogP contribution in [0.15, 0.2) is 66.7 Å². The summed E-state index contributed by atoms with van der Waals surface area (Å²) in [6.07, 6.45) is -0.499. The van der Waals surface area contributed by atoms with E-state index in [0.717, 1.165) is 11.1 Å². The third-order valence-corrected chi connectivity index (χ3v) is 4.95. The van der Waals surface area contributed by atoms with Gasteiger partial charge in [0.25, 0.3) is 5.91 Å². The lowest BCUT2D eigenvalue weighted by Crippen LogP contribution is -2.42. The number of nitrogen functional groups attached to an aromatic ring is 1. The van der Waals surface area contributed by atoms with Crippen LogP contribution in [-0.4, -0.2) is 37.7 Å². The van der Waals surface area contributed by atoms with Gasteiger partial charge in [-0.05, 0) is 66.6 Å². The molecule has 3 rings (SSSR count). The minimum Gasteiger partial charge on any atom is -0.448 e. The number of hydrogen-bond acceptors (Lipinski definition) is 5. The number of nitrogens with two attached hydrogens (primary N) is 1. The van der Waals surface area contributed by atoms with Crippen molar-refractivity contribution >= 4 is 40.7 Å². The van der Waals surface area contributed by atoms with Gasteiger partial charge in [0.1, 0.15) is 0 Å². The quantitative estimate of drug-likeness (QED) is 0.392. The molecule has 0 aromatic heterocycles. The summed E-state index contributed by atoms with van der Waals surface area (Å²) in [5.74, 6) is -0.316. The molecule has 0 heterocycles. The predicted octanol–water partition coefficient (Wildman–Crippen LogP) is 5.28. The highest BCUT2D eigenvalue weighted by Crippen LogP contribution is 2.29. The molecule has 0 bridgehead atoms. The first-order valence-electron chi connectivity index (χ1n) is 10.0. The number of amides is 2. The molecule has 3 aromatic carbocycles. The average molecular weight is 453 g/mol. The van der Waals surface area contributed by atoms with Crippen LogP contribution in [0.3, 0.4) is 0 Å². The summed E-state index contributed by atoms with van der Waals surface area (Å²) in [4.78, 5) is 25.0. The van der Waals surface area contributed by atoms with Crippen molar-refractivity contribution in [2.45, 2.75) is 6.92 Å². The van der Waals surface area contributed by atoms with Gasteiger partial charge >= 0.3 is 6.09 Å². The molecule has 32 heavy (non-hydrogen) atoms. The van der Waals surface area contributed by atoms with Crippen molar-refractivity contribution in [1.82, 2.24) is 5.01 Å². The molecule has 0 fully saturated rings. The van der Waals surface area contributed by atoms with Gasteiger partial charge in [-0.2, -0.15) is 0 Å². The van der Waals surface area contributed by atoms with Gasteiger partial charge in [-0.3, -0.25) is 4.79 Å². The van der Waals surface area contributed by atoms with E-state index in [1.165, 1.54) is 5.01 Å². The lowest BCUT2D eigenvalue weighted by molar-refractivity contribution is 0.102. The van der Waals surface area contributed by atoms with Crippen LogP contribution in [0.25, 0.3) is 11.1 Å². The van der Waals surface area contributed by atoms with E-state index in [2.05, 4.69) is 5.32 Å². The van der Waals surface area contributed by atoms with E-state index in [0.29, 0.717) is 27.6 Å². The van der Waals surface area contributed by atoms with Crippen LogP contribution in [0, 0.1) is 0 Å². The predicted molar refractivity (Wildman–Crippen MR) is 129 cm³/mol. The van der Waals surface area contributed by atoms with Crippen LogP contribution in [0.2, 0.25) is 5.02 Å². The normalized spacial score (nSPS) is 10.7. The monoisotopic (exact) mass is 452 g/mol. The topological polar surface area (TPSA) is 87.9 Å². The fourth-order valence-electron chi connectivity index (χ4n) is 3.12. The standard InChI is InChI=1S/C24H25ClN4O3/c1-4-32-24(31)29(28(2)3)20-12-7-17(8-13-20)23(30)27-22-15-18(9-14-21(22)26)16-5-10-19(25)11-6-16/h5-15H,4,26H2,1-3H3,(H,27,30). The van der Waals surface area contributed by atoms with Gasteiger partial charge in [-0.1, -0.05) is 29.8 Å². The molecule has 0 atom stereocenters. The molecule has 0 aliphatic rings. The number of hydrazine groups is 1. The highest BCUT2D eigenvalue weighted by Gasteiger charge is 2.20. The number of rotatable bonds is 6. The molecule has 3 N–H and O–H groups in total. The van der Waals surface area contributed by atoms with Gasteiger partial charge in [-0.15, -0.1) is 0 Å². The summed E-state index contributed by atoms with van der Waals surface area (Å²) in [6.45, 7) is 2.01. The van der Waals surface area contributed by atoms with Crippen LogP contribution in [0.1, 0.15) is 17.3 Å². The molecule has 0 aliphatic heterocycles. The van der Waals surface area contributed by atoms with Crippen LogP contribution in [0.4, 0.5) is 21.9 Å². The van der Waals surface area contributed by atoms with Gasteiger partial charge < -0.3 is 15.8 Å². The zero-order valence-corrected chi connectivity index (χ0v) is 18.9. The third-order valence-electron chi connectivity index (χ3n) is 4.69. The van der Waals surface area contributed by atoms with E-state index >= 15 is 0 Å². The lowest BCUT2D eigenvalue weighted by Gasteiger charge is -2.27. The van der Waals surface area contributed by atoms with E-state index in [1.54, 1.807) is 68.5 Å². The second-order valence-electron chi connectivity index (χ2n) is 7.17. The molecule has 3 aromatic rings. The Morgan fingerprint density at radius 1 is 0.969 bits per heavy atom. The van der Waals surface area contributed by atoms with E-state index in [-0.39, 0.29) is 12.5 Å². The lowest BCUT2D eigenvalue weighted by atomic mass is 10.0. The molecular formula is C24H25ClN4O3. The molecular weight excluding hydrogens is 428 g/mol. The minimum absolute atomic E-state index is 0.264. The van der Waals surface area contributed by atoms with E-state index in [9.17, 15) is 9.59 Å². The number of hydrogen-bond donors (Lipinski definition) is 2. The van der Waals surface area contributed by atoms with Crippen molar-refractivity contribution in [1.29, 1.82) is 0 Å². The van der Waals surface area contributed by atoms with Gasteiger partial charge in [0.05, 0.1) is 23.7 Å². The van der Waals surface area contributed by atoms with Crippen molar-refractivity contribution in [3.8, 4) is 11.1 Å². The fourth-order valence-corrected chi connectivity index (χ4v) is 3.25. The van der Waals surface area contributed by atoms with Crippen LogP contribution in [-0.2, 0) is 4.74 Å². The maximum Gasteiger partial charge on any atom is 0.429 e. The molecule has 0 spiro atoms. The molecule has 0 unspecified atom stereocenters. The summed E-state index contributed by atoms with van der Waals surface area (Å²) in [5.41, 5.74) is 9.90. The highest BCUT2D eigenvalue weighted by molar-refractivity contribution is 6.30. The van der Waals surface area contributed by atoms with Gasteiger partial charge in [0.15, 0.2) is 0 Å². The smallest absolute Gasteiger partial charge is 0.429 e. The Labute approximate surface area is 192 Å². The first-order chi connectivity index (χ1) is 15.3. The highest BCUT2D eigenvalue weighted by atomic mass is 35.5. The average Bonchev–Trinajstić information content (AvgIpc) is 2.76. The molecule has 0 saturated heterocycles. The molecule has 7 nitrogen and oxygen atoms in total. The second kappa shape index (κ2) is 10.2. The minimum atomic E-state index is -0.499. The summed E-state index contributed by atoms with van der Waals surface area (Å²) < 4.78 is 5.09. The number of halogens is 1. The number of carbonyl (C=O) groups is 2. The fraction of sp³-hybridized carbons (Fsp3) is 0.167. The maximum absolute atomic E-state index is 12.8. The van der Waals surface area contributed by atoms with Crippen molar-refractivity contribution in [2.75, 3.05) is 36.8 Å². The Balaban J connectivity index is 1.79. The van der Waals surface area contributed by atoms with E-state index in [4.69, 9.17) is 22.1 Å². The second-order valence-corrected chi connectivity index (χ2v) is 7.60. The Bertz CT molecular complexity index is 1100. The zero-order chi connectivity index (χ0) is 23.3. The number of benzene rings is 3. The van der Waals surface area contributed by atoms with E-state index < -0.39 is 6.09 Å². The van der Waals surface area contributed by atoms with Crippen LogP contribution in [0.5, 0.6) is 0 Å². The van der Waals surface area contributed by atoms with Crippen molar-refractivity contribution in [3.05, 3.63) is 77.3 Å². The van der Waals surface area contributed by atoms with E-state index in [1.807, 2.05) is 24.3 Å². The van der Waals surface area contributed by atoms with Gasteiger partial charge in [-0.25, -0.2) is 14.8 Å². The molecule has 0 radical (unpaired) electrons. The SMILES string of the molecule is CCOC(=O)N(c1ccc(C(=O)Nc2cc(-c3ccc(Cl)cc3)ccc2N)cc1)N(C)C. The summed E-state index contributed by atoms with van der Waals surface area (Å²) in [7, 11) is 3.46. The number of nitrogens with one attached hydrogen (secondary N) is 1. The van der Waals surface area contributed by atoms with Gasteiger partial charge in [0, 0.05) is 24.7 Å². The Hall–Kier alpha value is -3.55. The third kappa shape index (κ3) is 5.38. The Morgan fingerprint density at radius 2 is 1.59 bits per heavy atom. The molecule has 0 saturated carbocycles. The first kappa shape index (κ1) is 23.1. The molecule has 166 valence electrons. The maximum atomic E-state index is 12.8. The van der Waals surface area contributed by atoms with Gasteiger partial charge in [0.2, 0.25) is 0 Å². The molecule has 2 amide bonds. The zero-order valence-electron chi connectivity index (χ0n) is 18.1. The largest absolute Gasteiger partial charge is 0.448 e. The summed E-state index contributed by atoms with van der Waals surface area (Å²) in [5, 5.41) is 6.49. The number of carbonyl (C=O) groups excluding carboxylic acids is 2. The van der Waals surface area contributed by atoms with Crippen molar-refractivity contribution in [2.24, 2.45) is 0 Å². The Morgan fingerprint density at radius 3 is 2.19 bits per heavy atom. The molecule has 8 heteroatoms. The van der Waals surface area contributed by atoms with Crippen molar-refractivity contribution < 1.29 is 14.3 Å². The Kier molecular flexibility index (Phi) is 7.35.